The van der Waals surface area contributed by atoms with Gasteiger partial charge in [-0.25, -0.2) is 4.98 Å². The number of hydrogen-bond donors (Lipinski definition) is 0. The van der Waals surface area contributed by atoms with Crippen molar-refractivity contribution in [1.29, 1.82) is 5.26 Å². The Morgan fingerprint density at radius 1 is 1.39 bits per heavy atom. The van der Waals surface area contributed by atoms with E-state index in [9.17, 15) is 0 Å². The molecule has 1 aromatic heterocycles. The summed E-state index contributed by atoms with van der Waals surface area (Å²) in [5.41, 5.74) is 3.27. The fraction of sp³-hybridized carbons (Fsp3) is 0.467. The van der Waals surface area contributed by atoms with Crippen LogP contribution < -0.4 is 0 Å². The van der Waals surface area contributed by atoms with Gasteiger partial charge in [-0.05, 0) is 30.5 Å². The molecular formula is C15H17N3. The Balaban J connectivity index is 2.06. The highest BCUT2D eigenvalue weighted by atomic mass is 15.1. The molecular weight excluding hydrogens is 222 g/mol. The summed E-state index contributed by atoms with van der Waals surface area (Å²) in [5.74, 6) is 1.85. The van der Waals surface area contributed by atoms with Gasteiger partial charge in [-0.1, -0.05) is 18.9 Å². The lowest BCUT2D eigenvalue weighted by atomic mass is 10.1. The van der Waals surface area contributed by atoms with Crippen molar-refractivity contribution >= 4 is 11.0 Å². The smallest absolute Gasteiger partial charge is 0.112 e. The van der Waals surface area contributed by atoms with Crippen LogP contribution in [0.5, 0.6) is 0 Å². The van der Waals surface area contributed by atoms with Crippen LogP contribution in [0.25, 0.3) is 11.0 Å². The molecule has 0 bridgehead atoms. The molecule has 92 valence electrons. The maximum atomic E-state index is 8.75. The van der Waals surface area contributed by atoms with Crippen LogP contribution >= 0.6 is 0 Å². The van der Waals surface area contributed by atoms with Crippen LogP contribution in [0.3, 0.4) is 0 Å². The summed E-state index contributed by atoms with van der Waals surface area (Å²) in [5, 5.41) is 8.75. The van der Waals surface area contributed by atoms with Gasteiger partial charge in [0.1, 0.15) is 5.82 Å². The Hall–Kier alpha value is -1.82. The van der Waals surface area contributed by atoms with Gasteiger partial charge in [0.25, 0.3) is 0 Å². The molecule has 0 amide bonds. The second-order valence-electron chi connectivity index (χ2n) is 5.17. The Kier molecular flexibility index (Phi) is 2.79. The van der Waals surface area contributed by atoms with E-state index < -0.39 is 0 Å². The summed E-state index contributed by atoms with van der Waals surface area (Å²) in [6.45, 7) is 0. The summed E-state index contributed by atoms with van der Waals surface area (Å²) < 4.78 is 2.22. The van der Waals surface area contributed by atoms with E-state index in [1.54, 1.807) is 0 Å². The first-order valence-corrected chi connectivity index (χ1v) is 6.62. The Bertz CT molecular complexity index is 612. The molecule has 1 fully saturated rings. The molecule has 0 saturated heterocycles. The monoisotopic (exact) mass is 239 g/mol. The van der Waals surface area contributed by atoms with Crippen molar-refractivity contribution in [2.45, 2.75) is 38.0 Å². The van der Waals surface area contributed by atoms with Crippen LogP contribution in [0.15, 0.2) is 18.2 Å². The Morgan fingerprint density at radius 3 is 2.89 bits per heavy atom. The van der Waals surface area contributed by atoms with Gasteiger partial charge in [0.05, 0.1) is 23.5 Å². The molecule has 3 rings (SSSR count). The van der Waals surface area contributed by atoms with Crippen molar-refractivity contribution in [2.24, 2.45) is 7.05 Å². The maximum absolute atomic E-state index is 8.75. The molecule has 0 aliphatic heterocycles. The molecule has 0 radical (unpaired) electrons. The quantitative estimate of drug-likeness (QED) is 0.806. The minimum absolute atomic E-state index is 0.464. The molecule has 3 nitrogen and oxygen atoms in total. The van der Waals surface area contributed by atoms with Crippen molar-refractivity contribution in [3.05, 3.63) is 29.6 Å². The van der Waals surface area contributed by atoms with E-state index in [0.29, 0.717) is 12.3 Å². The highest BCUT2D eigenvalue weighted by molar-refractivity contribution is 5.77. The van der Waals surface area contributed by atoms with Crippen molar-refractivity contribution in [2.75, 3.05) is 0 Å². The zero-order valence-electron chi connectivity index (χ0n) is 10.7. The summed E-state index contributed by atoms with van der Waals surface area (Å²) in [6.07, 6.45) is 5.65. The van der Waals surface area contributed by atoms with Gasteiger partial charge in [-0.15, -0.1) is 0 Å². The third kappa shape index (κ3) is 1.78. The van der Waals surface area contributed by atoms with Crippen LogP contribution in [0.4, 0.5) is 0 Å². The second-order valence-corrected chi connectivity index (χ2v) is 5.17. The van der Waals surface area contributed by atoms with Gasteiger partial charge in [0.2, 0.25) is 0 Å². The van der Waals surface area contributed by atoms with Crippen LogP contribution in [-0.2, 0) is 13.5 Å². The lowest BCUT2D eigenvalue weighted by molar-refractivity contribution is 0.639. The molecule has 1 heterocycles. The van der Waals surface area contributed by atoms with E-state index >= 15 is 0 Å². The van der Waals surface area contributed by atoms with Crippen LogP contribution in [0.2, 0.25) is 0 Å². The lowest BCUT2D eigenvalue weighted by Crippen LogP contribution is -2.02. The first-order chi connectivity index (χ1) is 8.79. The Labute approximate surface area is 107 Å². The minimum Gasteiger partial charge on any atom is -0.331 e. The van der Waals surface area contributed by atoms with Gasteiger partial charge in [0.15, 0.2) is 0 Å². The molecule has 3 heteroatoms. The van der Waals surface area contributed by atoms with Crippen molar-refractivity contribution in [1.82, 2.24) is 9.55 Å². The number of imidazole rings is 1. The molecule has 0 spiro atoms. The second kappa shape index (κ2) is 4.45. The fourth-order valence-electron chi connectivity index (χ4n) is 3.01. The standard InChI is InChI=1S/C15H17N3/c1-18-14-7-6-11(8-9-16)10-13(14)17-15(18)12-4-2-3-5-12/h6-7,10,12H,2-5,8H2,1H3. The van der Waals surface area contributed by atoms with Gasteiger partial charge in [0, 0.05) is 13.0 Å². The van der Waals surface area contributed by atoms with Gasteiger partial charge >= 0.3 is 0 Å². The molecule has 18 heavy (non-hydrogen) atoms. The summed E-state index contributed by atoms with van der Waals surface area (Å²) in [7, 11) is 2.10. The van der Waals surface area contributed by atoms with E-state index in [0.717, 1.165) is 11.1 Å². The molecule has 0 atom stereocenters. The van der Waals surface area contributed by atoms with Gasteiger partial charge in [-0.3, -0.25) is 0 Å². The van der Waals surface area contributed by atoms with Crippen molar-refractivity contribution < 1.29 is 0 Å². The van der Waals surface area contributed by atoms with E-state index in [1.165, 1.54) is 37.0 Å². The number of hydrogen-bond acceptors (Lipinski definition) is 2. The fourth-order valence-corrected chi connectivity index (χ4v) is 3.01. The predicted molar refractivity (Wildman–Crippen MR) is 71.2 cm³/mol. The molecule has 0 unspecified atom stereocenters. The molecule has 1 aliphatic carbocycles. The van der Waals surface area contributed by atoms with Gasteiger partial charge < -0.3 is 4.57 Å². The number of nitriles is 1. The number of rotatable bonds is 2. The first-order valence-electron chi connectivity index (χ1n) is 6.62. The number of fused-ring (bicyclic) bond motifs is 1. The average molecular weight is 239 g/mol. The van der Waals surface area contributed by atoms with Crippen molar-refractivity contribution in [3.8, 4) is 6.07 Å². The number of nitrogens with zero attached hydrogens (tertiary/aromatic N) is 3. The SMILES string of the molecule is Cn1c(C2CCCC2)nc2cc(CC#N)ccc21. The van der Waals surface area contributed by atoms with E-state index in [-0.39, 0.29) is 0 Å². The highest BCUT2D eigenvalue weighted by Gasteiger charge is 2.22. The highest BCUT2D eigenvalue weighted by Crippen LogP contribution is 2.34. The number of aromatic nitrogens is 2. The lowest BCUT2D eigenvalue weighted by Gasteiger charge is -2.08. The summed E-state index contributed by atoms with van der Waals surface area (Å²) in [6, 6.07) is 8.37. The average Bonchev–Trinajstić information content (AvgIpc) is 2.98. The summed E-state index contributed by atoms with van der Waals surface area (Å²) in [4.78, 5) is 4.79. The zero-order chi connectivity index (χ0) is 12.5. The van der Waals surface area contributed by atoms with Crippen molar-refractivity contribution in [3.63, 3.8) is 0 Å². The van der Waals surface area contributed by atoms with Gasteiger partial charge in [-0.2, -0.15) is 5.26 Å². The molecule has 1 aromatic carbocycles. The third-order valence-electron chi connectivity index (χ3n) is 3.98. The van der Waals surface area contributed by atoms with E-state index in [2.05, 4.69) is 29.8 Å². The Morgan fingerprint density at radius 2 is 2.17 bits per heavy atom. The normalized spacial score (nSPS) is 16.2. The zero-order valence-corrected chi connectivity index (χ0v) is 10.7. The first kappa shape index (κ1) is 11.3. The molecule has 0 N–H and O–H groups in total. The molecule has 1 aliphatic rings. The van der Waals surface area contributed by atoms with Crippen LogP contribution in [-0.4, -0.2) is 9.55 Å². The molecule has 2 aromatic rings. The number of aryl methyl sites for hydroxylation is 1. The maximum Gasteiger partial charge on any atom is 0.112 e. The summed E-state index contributed by atoms with van der Waals surface area (Å²) >= 11 is 0. The topological polar surface area (TPSA) is 41.6 Å². The predicted octanol–water partition coefficient (Wildman–Crippen LogP) is 3.30. The minimum atomic E-state index is 0.464. The van der Waals surface area contributed by atoms with E-state index in [1.807, 2.05) is 6.07 Å². The third-order valence-corrected chi connectivity index (χ3v) is 3.98. The molecule has 1 saturated carbocycles. The number of benzene rings is 1. The largest absolute Gasteiger partial charge is 0.331 e. The van der Waals surface area contributed by atoms with Crippen LogP contribution in [0, 0.1) is 11.3 Å². The van der Waals surface area contributed by atoms with E-state index in [4.69, 9.17) is 10.2 Å². The van der Waals surface area contributed by atoms with Crippen LogP contribution in [0.1, 0.15) is 43.0 Å².